The van der Waals surface area contributed by atoms with E-state index < -0.39 is 0 Å². The second kappa shape index (κ2) is 7.57. The molecule has 3 aromatic rings. The number of hydrogen-bond donors (Lipinski definition) is 2. The molecule has 1 aromatic carbocycles. The molecule has 8 heteroatoms. The number of amides is 2. The van der Waals surface area contributed by atoms with Gasteiger partial charge in [0.2, 0.25) is 5.91 Å². The van der Waals surface area contributed by atoms with Gasteiger partial charge in [-0.1, -0.05) is 24.3 Å². The first-order valence-electron chi connectivity index (χ1n) is 8.70. The van der Waals surface area contributed by atoms with E-state index in [1.807, 2.05) is 52.5 Å². The summed E-state index contributed by atoms with van der Waals surface area (Å²) in [6.07, 6.45) is 3.67. The molecule has 0 spiro atoms. The number of fused-ring (bicyclic) bond motifs is 1. The monoisotopic (exact) mass is 410 g/mol. The lowest BCUT2D eigenvalue weighted by atomic mass is 10.1. The average Bonchev–Trinajstić information content (AvgIpc) is 3.38. The topological polar surface area (TPSA) is 66.4 Å². The summed E-state index contributed by atoms with van der Waals surface area (Å²) in [4.78, 5) is 27.2. The molecular formula is C20H18N4O2S2. The molecule has 4 rings (SSSR count). The van der Waals surface area contributed by atoms with Gasteiger partial charge in [-0.2, -0.15) is 0 Å². The number of nitrogens with zero attached hydrogens (tertiary/aromatic N) is 2. The first-order valence-corrected chi connectivity index (χ1v) is 9.99. The molecule has 1 aliphatic rings. The van der Waals surface area contributed by atoms with Crippen LogP contribution in [0.3, 0.4) is 0 Å². The first-order chi connectivity index (χ1) is 13.5. The molecule has 1 saturated heterocycles. The van der Waals surface area contributed by atoms with Gasteiger partial charge in [0.15, 0.2) is 5.11 Å². The van der Waals surface area contributed by atoms with Crippen molar-refractivity contribution in [3.05, 3.63) is 64.1 Å². The third kappa shape index (κ3) is 3.56. The molecule has 0 atom stereocenters. The lowest BCUT2D eigenvalue weighted by molar-refractivity contribution is -0.122. The highest BCUT2D eigenvalue weighted by Gasteiger charge is 2.27. The summed E-state index contributed by atoms with van der Waals surface area (Å²) in [6, 6.07) is 11.8. The van der Waals surface area contributed by atoms with Crippen molar-refractivity contribution in [1.82, 2.24) is 20.1 Å². The van der Waals surface area contributed by atoms with Crippen LogP contribution in [-0.2, 0) is 22.7 Å². The summed E-state index contributed by atoms with van der Waals surface area (Å²) in [5.74, 6) is -0.236. The van der Waals surface area contributed by atoms with Gasteiger partial charge in [-0.15, -0.1) is 11.3 Å². The summed E-state index contributed by atoms with van der Waals surface area (Å²) < 4.78 is 1.90. The molecule has 1 fully saturated rings. The molecule has 0 radical (unpaired) electrons. The molecule has 1 aliphatic heterocycles. The summed E-state index contributed by atoms with van der Waals surface area (Å²) in [7, 11) is 1.64. The summed E-state index contributed by atoms with van der Waals surface area (Å²) in [5.41, 5.74) is 2.22. The van der Waals surface area contributed by atoms with E-state index in [0.29, 0.717) is 17.4 Å². The predicted octanol–water partition coefficient (Wildman–Crippen LogP) is 2.71. The summed E-state index contributed by atoms with van der Waals surface area (Å²) >= 11 is 6.74. The van der Waals surface area contributed by atoms with Gasteiger partial charge in [0.1, 0.15) is 12.2 Å². The Balaban J connectivity index is 1.59. The Bertz CT molecular complexity index is 1100. The van der Waals surface area contributed by atoms with E-state index in [-0.39, 0.29) is 18.4 Å². The molecule has 2 amide bonds. The lowest BCUT2D eigenvalue weighted by Gasteiger charge is -2.06. The van der Waals surface area contributed by atoms with Crippen molar-refractivity contribution >= 4 is 57.5 Å². The third-order valence-corrected chi connectivity index (χ3v) is 5.81. The second-order valence-corrected chi connectivity index (χ2v) is 7.86. The van der Waals surface area contributed by atoms with E-state index in [2.05, 4.69) is 10.6 Å². The van der Waals surface area contributed by atoms with Crippen molar-refractivity contribution in [3.63, 3.8) is 0 Å². The number of benzene rings is 1. The summed E-state index contributed by atoms with van der Waals surface area (Å²) in [6.45, 7) is 0.726. The van der Waals surface area contributed by atoms with Crippen LogP contribution in [-0.4, -0.2) is 33.4 Å². The highest BCUT2D eigenvalue weighted by Crippen LogP contribution is 2.24. The molecule has 2 aromatic heterocycles. The number of para-hydroxylation sites is 1. The van der Waals surface area contributed by atoms with Gasteiger partial charge in [0.25, 0.3) is 5.91 Å². The fraction of sp³-hybridized carbons (Fsp3) is 0.150. The molecule has 0 aliphatic carbocycles. The molecule has 142 valence electrons. The Labute approximate surface area is 171 Å². The average molecular weight is 411 g/mol. The van der Waals surface area contributed by atoms with Crippen molar-refractivity contribution in [2.24, 2.45) is 0 Å². The van der Waals surface area contributed by atoms with Crippen LogP contribution in [0, 0.1) is 0 Å². The quantitative estimate of drug-likeness (QED) is 0.501. The van der Waals surface area contributed by atoms with Gasteiger partial charge >= 0.3 is 0 Å². The zero-order valence-corrected chi connectivity index (χ0v) is 16.8. The van der Waals surface area contributed by atoms with E-state index in [1.54, 1.807) is 24.5 Å². The van der Waals surface area contributed by atoms with Gasteiger partial charge in [0.05, 0.1) is 6.54 Å². The van der Waals surface area contributed by atoms with Crippen LogP contribution in [0.5, 0.6) is 0 Å². The van der Waals surface area contributed by atoms with E-state index in [1.165, 1.54) is 4.90 Å². The summed E-state index contributed by atoms with van der Waals surface area (Å²) in [5, 5.41) is 9.22. The van der Waals surface area contributed by atoms with E-state index in [9.17, 15) is 9.59 Å². The van der Waals surface area contributed by atoms with Crippen LogP contribution in [0.25, 0.3) is 17.0 Å². The zero-order valence-electron chi connectivity index (χ0n) is 15.1. The second-order valence-electron chi connectivity index (χ2n) is 6.44. The molecule has 28 heavy (non-hydrogen) atoms. The van der Waals surface area contributed by atoms with Gasteiger partial charge in [-0.3, -0.25) is 14.5 Å². The van der Waals surface area contributed by atoms with E-state index >= 15 is 0 Å². The fourth-order valence-corrected chi connectivity index (χ4v) is 3.95. The number of likely N-dealkylation sites (N-methyl/N-ethyl adjacent to an activating group) is 1. The van der Waals surface area contributed by atoms with Gasteiger partial charge in [-0.05, 0) is 35.8 Å². The molecule has 6 nitrogen and oxygen atoms in total. The van der Waals surface area contributed by atoms with Crippen molar-refractivity contribution in [1.29, 1.82) is 0 Å². The van der Waals surface area contributed by atoms with Crippen LogP contribution in [0.2, 0.25) is 0 Å². The van der Waals surface area contributed by atoms with Crippen LogP contribution < -0.4 is 10.6 Å². The number of carbonyl (C=O) groups is 2. The number of rotatable bonds is 5. The Kier molecular flexibility index (Phi) is 4.97. The highest BCUT2D eigenvalue weighted by atomic mass is 32.1. The molecular weight excluding hydrogens is 392 g/mol. The van der Waals surface area contributed by atoms with Gasteiger partial charge in [-0.25, -0.2) is 0 Å². The lowest BCUT2D eigenvalue weighted by Crippen LogP contribution is -2.26. The van der Waals surface area contributed by atoms with Crippen molar-refractivity contribution < 1.29 is 9.59 Å². The third-order valence-electron chi connectivity index (χ3n) is 4.55. The highest BCUT2D eigenvalue weighted by molar-refractivity contribution is 7.80. The normalized spacial score (nSPS) is 15.5. The maximum atomic E-state index is 12.4. The Morgan fingerprint density at radius 1 is 1.29 bits per heavy atom. The molecule has 3 heterocycles. The maximum absolute atomic E-state index is 12.4. The van der Waals surface area contributed by atoms with Crippen molar-refractivity contribution in [2.75, 3.05) is 7.05 Å². The van der Waals surface area contributed by atoms with E-state index in [4.69, 9.17) is 12.2 Å². The SMILES string of the molecule is CN1C(=O)/C(=C/c2cn(CC(=O)NCc3cccs3)c3ccccc23)NC1=S. The number of nitrogens with one attached hydrogen (secondary N) is 2. The van der Waals surface area contributed by atoms with Crippen LogP contribution >= 0.6 is 23.6 Å². The van der Waals surface area contributed by atoms with Gasteiger partial charge in [0, 0.05) is 34.6 Å². The Morgan fingerprint density at radius 3 is 2.82 bits per heavy atom. The Morgan fingerprint density at radius 2 is 2.11 bits per heavy atom. The number of hydrogen-bond acceptors (Lipinski definition) is 4. The first kappa shape index (κ1) is 18.4. The minimum atomic E-state index is -0.171. The maximum Gasteiger partial charge on any atom is 0.276 e. The number of thiocarbonyl (C=S) groups is 1. The molecule has 0 saturated carbocycles. The predicted molar refractivity (Wildman–Crippen MR) is 115 cm³/mol. The molecule has 2 N–H and O–H groups in total. The largest absolute Gasteiger partial charge is 0.350 e. The van der Waals surface area contributed by atoms with Crippen LogP contribution in [0.15, 0.2) is 53.7 Å². The molecule has 0 bridgehead atoms. The fourth-order valence-electron chi connectivity index (χ4n) is 3.11. The van der Waals surface area contributed by atoms with Crippen LogP contribution in [0.4, 0.5) is 0 Å². The standard InChI is InChI=1S/C20H18N4O2S2/c1-23-19(26)16(22-20(23)27)9-13-11-24(17-7-3-2-6-15(13)17)12-18(25)21-10-14-5-4-8-28-14/h2-9,11H,10,12H2,1H3,(H,21,25)(H,22,27)/b16-9-. The van der Waals surface area contributed by atoms with Crippen molar-refractivity contribution in [2.45, 2.75) is 13.1 Å². The number of carbonyl (C=O) groups excluding carboxylic acids is 2. The molecule has 0 unspecified atom stereocenters. The number of aromatic nitrogens is 1. The van der Waals surface area contributed by atoms with E-state index in [0.717, 1.165) is 21.3 Å². The number of thiophene rings is 1. The Hall–Kier alpha value is -2.97. The van der Waals surface area contributed by atoms with Crippen LogP contribution in [0.1, 0.15) is 10.4 Å². The minimum Gasteiger partial charge on any atom is -0.350 e. The smallest absolute Gasteiger partial charge is 0.276 e. The van der Waals surface area contributed by atoms with Crippen molar-refractivity contribution in [3.8, 4) is 0 Å². The van der Waals surface area contributed by atoms with Gasteiger partial charge < -0.3 is 15.2 Å². The zero-order chi connectivity index (χ0) is 19.7. The minimum absolute atomic E-state index is 0.0654.